The van der Waals surface area contributed by atoms with E-state index >= 15 is 0 Å². The summed E-state index contributed by atoms with van der Waals surface area (Å²) in [6, 6.07) is 9.88. The van der Waals surface area contributed by atoms with Crippen LogP contribution in [0.2, 0.25) is 0 Å². The Hall–Kier alpha value is -1.59. The minimum atomic E-state index is -0.111. The van der Waals surface area contributed by atoms with Gasteiger partial charge in [0.1, 0.15) is 0 Å². The van der Waals surface area contributed by atoms with Gasteiger partial charge in [-0.15, -0.1) is 0 Å². The van der Waals surface area contributed by atoms with Crippen LogP contribution >= 0.6 is 0 Å². The van der Waals surface area contributed by atoms with Crippen LogP contribution in [0.4, 0.5) is 4.79 Å². The average Bonchev–Trinajstić information content (AvgIpc) is 3.17. The number of carbonyl (C=O) groups excluding carboxylic acids is 1. The lowest BCUT2D eigenvalue weighted by molar-refractivity contribution is 0.0367. The van der Waals surface area contributed by atoms with Crippen LogP contribution in [-0.2, 0) is 9.47 Å². The van der Waals surface area contributed by atoms with Crippen LogP contribution in [0.25, 0.3) is 0 Å². The normalized spacial score (nSPS) is 23.2. The molecule has 5 heteroatoms. The third-order valence-electron chi connectivity index (χ3n) is 5.15. The highest BCUT2D eigenvalue weighted by Crippen LogP contribution is 2.29. The van der Waals surface area contributed by atoms with Gasteiger partial charge in [0.15, 0.2) is 0 Å². The highest BCUT2D eigenvalue weighted by Gasteiger charge is 2.31. The summed E-state index contributed by atoms with van der Waals surface area (Å²) >= 11 is 0. The molecule has 5 nitrogen and oxygen atoms in total. The zero-order chi connectivity index (χ0) is 16.8. The molecule has 0 aromatic heterocycles. The number of hydrogen-bond donors (Lipinski definition) is 1. The molecule has 0 spiro atoms. The van der Waals surface area contributed by atoms with Gasteiger partial charge in [0.05, 0.1) is 18.8 Å². The van der Waals surface area contributed by atoms with Gasteiger partial charge in [-0.2, -0.15) is 0 Å². The van der Waals surface area contributed by atoms with Crippen LogP contribution < -0.4 is 5.32 Å². The maximum absolute atomic E-state index is 12.6. The Morgan fingerprint density at radius 2 is 2.04 bits per heavy atom. The summed E-state index contributed by atoms with van der Waals surface area (Å²) in [6.45, 7) is 3.00. The first-order chi connectivity index (χ1) is 11.8. The summed E-state index contributed by atoms with van der Waals surface area (Å²) in [7, 11) is 1.66. The topological polar surface area (TPSA) is 50.8 Å². The fourth-order valence-corrected chi connectivity index (χ4v) is 3.76. The Bertz CT molecular complexity index is 509. The first kappa shape index (κ1) is 17.2. The van der Waals surface area contributed by atoms with Crippen molar-refractivity contribution in [1.29, 1.82) is 0 Å². The van der Waals surface area contributed by atoms with Gasteiger partial charge in [-0.3, -0.25) is 0 Å². The second kappa shape index (κ2) is 8.49. The molecule has 0 saturated carbocycles. The second-order valence-electron chi connectivity index (χ2n) is 6.74. The Morgan fingerprint density at radius 1 is 1.29 bits per heavy atom. The Balaban J connectivity index is 1.52. The van der Waals surface area contributed by atoms with Crippen molar-refractivity contribution in [2.24, 2.45) is 5.92 Å². The molecule has 132 valence electrons. The van der Waals surface area contributed by atoms with E-state index < -0.39 is 0 Å². The number of nitrogens with zero attached hydrogens (tertiary/aromatic N) is 1. The van der Waals surface area contributed by atoms with Crippen LogP contribution in [0.1, 0.15) is 37.3 Å². The Morgan fingerprint density at radius 3 is 2.67 bits per heavy atom. The molecule has 0 bridgehead atoms. The zero-order valence-electron chi connectivity index (χ0n) is 14.4. The highest BCUT2D eigenvalue weighted by molar-refractivity contribution is 5.74. The van der Waals surface area contributed by atoms with Crippen molar-refractivity contribution in [1.82, 2.24) is 10.2 Å². The van der Waals surface area contributed by atoms with Crippen LogP contribution in [0, 0.1) is 5.92 Å². The van der Waals surface area contributed by atoms with Crippen molar-refractivity contribution in [2.45, 2.75) is 37.8 Å². The number of nitrogens with one attached hydrogen (secondary N) is 1. The fourth-order valence-electron chi connectivity index (χ4n) is 3.76. The molecule has 1 N–H and O–H groups in total. The number of urea groups is 1. The van der Waals surface area contributed by atoms with Crippen LogP contribution in [-0.4, -0.2) is 50.4 Å². The van der Waals surface area contributed by atoms with E-state index in [-0.39, 0.29) is 12.1 Å². The molecule has 2 amide bonds. The molecule has 2 fully saturated rings. The molecule has 2 aliphatic rings. The summed E-state index contributed by atoms with van der Waals surface area (Å²) in [5.74, 6) is 0.612. The summed E-state index contributed by atoms with van der Waals surface area (Å²) in [5, 5.41) is 3.12. The van der Waals surface area contributed by atoms with Gasteiger partial charge in [0.25, 0.3) is 0 Å². The number of ether oxygens (including phenoxy) is 2. The van der Waals surface area contributed by atoms with Crippen molar-refractivity contribution >= 4 is 6.03 Å². The minimum absolute atomic E-state index is 0.00620. The molecule has 0 unspecified atom stereocenters. The largest absolute Gasteiger partial charge is 0.382 e. The standard InChI is InChI=1S/C19H28N2O3/c1-23-14-17(15-6-3-2-4-7-15)20-19(22)21-11-9-16(10-12-21)18-8-5-13-24-18/h2-4,6-7,16-18H,5,8-14H2,1H3,(H,20,22)/t17-,18+/m0/s1. The van der Waals surface area contributed by atoms with E-state index in [2.05, 4.69) is 5.32 Å². The first-order valence-corrected chi connectivity index (χ1v) is 8.99. The molecular formula is C19H28N2O3. The average molecular weight is 332 g/mol. The number of hydrogen-bond acceptors (Lipinski definition) is 3. The van der Waals surface area contributed by atoms with E-state index in [4.69, 9.17) is 9.47 Å². The summed E-state index contributed by atoms with van der Waals surface area (Å²) < 4.78 is 11.1. The third kappa shape index (κ3) is 4.28. The number of amides is 2. The number of rotatable bonds is 5. The summed E-state index contributed by atoms with van der Waals surface area (Å²) in [5.41, 5.74) is 1.07. The SMILES string of the molecule is COC[C@H](NC(=O)N1CCC([C@H]2CCCO2)CC1)c1ccccc1. The maximum atomic E-state index is 12.6. The molecule has 1 aromatic carbocycles. The second-order valence-corrected chi connectivity index (χ2v) is 6.74. The predicted molar refractivity (Wildman–Crippen MR) is 92.9 cm³/mol. The van der Waals surface area contributed by atoms with E-state index in [1.807, 2.05) is 35.2 Å². The number of benzene rings is 1. The van der Waals surface area contributed by atoms with Gasteiger partial charge in [-0.25, -0.2) is 4.79 Å². The van der Waals surface area contributed by atoms with E-state index in [9.17, 15) is 4.79 Å². The minimum Gasteiger partial charge on any atom is -0.382 e. The number of methoxy groups -OCH3 is 1. The highest BCUT2D eigenvalue weighted by atomic mass is 16.5. The van der Waals surface area contributed by atoms with Crippen molar-refractivity contribution in [3.63, 3.8) is 0 Å². The van der Waals surface area contributed by atoms with Gasteiger partial charge in [-0.1, -0.05) is 30.3 Å². The van der Waals surface area contributed by atoms with E-state index in [1.54, 1.807) is 7.11 Å². The van der Waals surface area contributed by atoms with Crippen LogP contribution in [0.3, 0.4) is 0 Å². The molecule has 2 atom stereocenters. The van der Waals surface area contributed by atoms with E-state index in [0.29, 0.717) is 18.6 Å². The van der Waals surface area contributed by atoms with Gasteiger partial charge in [0, 0.05) is 26.8 Å². The molecule has 3 rings (SSSR count). The lowest BCUT2D eigenvalue weighted by Gasteiger charge is -2.35. The molecule has 2 heterocycles. The molecule has 0 aliphatic carbocycles. The quantitative estimate of drug-likeness (QED) is 0.902. The maximum Gasteiger partial charge on any atom is 0.317 e. The number of likely N-dealkylation sites (tertiary alicyclic amines) is 1. The van der Waals surface area contributed by atoms with Crippen molar-refractivity contribution in [3.05, 3.63) is 35.9 Å². The predicted octanol–water partition coefficient (Wildman–Crippen LogP) is 2.97. The van der Waals surface area contributed by atoms with Crippen molar-refractivity contribution < 1.29 is 14.3 Å². The summed E-state index contributed by atoms with van der Waals surface area (Å²) in [4.78, 5) is 14.5. The van der Waals surface area contributed by atoms with Gasteiger partial charge in [0.2, 0.25) is 0 Å². The van der Waals surface area contributed by atoms with Crippen LogP contribution in [0.15, 0.2) is 30.3 Å². The molecule has 2 aliphatic heterocycles. The lowest BCUT2D eigenvalue weighted by atomic mass is 9.90. The molecule has 0 radical (unpaired) electrons. The van der Waals surface area contributed by atoms with E-state index in [0.717, 1.165) is 38.1 Å². The molecular weight excluding hydrogens is 304 g/mol. The van der Waals surface area contributed by atoms with Crippen molar-refractivity contribution in [2.75, 3.05) is 33.4 Å². The fraction of sp³-hybridized carbons (Fsp3) is 0.632. The number of piperidine rings is 1. The Kier molecular flexibility index (Phi) is 6.10. The van der Waals surface area contributed by atoms with Crippen LogP contribution in [0.5, 0.6) is 0 Å². The lowest BCUT2D eigenvalue weighted by Crippen LogP contribution is -2.47. The van der Waals surface area contributed by atoms with Gasteiger partial charge >= 0.3 is 6.03 Å². The smallest absolute Gasteiger partial charge is 0.317 e. The first-order valence-electron chi connectivity index (χ1n) is 8.99. The third-order valence-corrected chi connectivity index (χ3v) is 5.15. The van der Waals surface area contributed by atoms with Gasteiger partial charge < -0.3 is 19.7 Å². The van der Waals surface area contributed by atoms with Crippen molar-refractivity contribution in [3.8, 4) is 0 Å². The molecule has 1 aromatic rings. The van der Waals surface area contributed by atoms with Gasteiger partial charge in [-0.05, 0) is 37.2 Å². The molecule has 2 saturated heterocycles. The van der Waals surface area contributed by atoms with E-state index in [1.165, 1.54) is 12.8 Å². The molecule has 24 heavy (non-hydrogen) atoms. The zero-order valence-corrected chi connectivity index (χ0v) is 14.4. The number of carbonyl (C=O) groups is 1. The summed E-state index contributed by atoms with van der Waals surface area (Å²) in [6.07, 6.45) is 4.86. The Labute approximate surface area is 144 Å². The monoisotopic (exact) mass is 332 g/mol.